The first kappa shape index (κ1) is 13.4. The van der Waals surface area contributed by atoms with E-state index in [9.17, 15) is 0 Å². The van der Waals surface area contributed by atoms with Gasteiger partial charge in [0.05, 0.1) is 0 Å². The topological polar surface area (TPSA) is 26.0 Å². The van der Waals surface area contributed by atoms with Gasteiger partial charge in [0.15, 0.2) is 0 Å². The van der Waals surface area contributed by atoms with E-state index in [0.717, 1.165) is 12.0 Å². The Labute approximate surface area is 76.0 Å². The quantitative estimate of drug-likeness (QED) is 0.639. The van der Waals surface area contributed by atoms with Crippen molar-refractivity contribution in [1.29, 1.82) is 0 Å². The Morgan fingerprint density at radius 1 is 1.33 bits per heavy atom. The monoisotopic (exact) mass is 165 g/mol. The van der Waals surface area contributed by atoms with Crippen molar-refractivity contribution in [2.75, 3.05) is 0 Å². The van der Waals surface area contributed by atoms with E-state index in [1.165, 1.54) is 0 Å². The van der Waals surface area contributed by atoms with Gasteiger partial charge in [-0.15, -0.1) is 0 Å². The van der Waals surface area contributed by atoms with Crippen LogP contribution >= 0.6 is 0 Å². The Balaban J connectivity index is 0. The number of hydrogen-bond acceptors (Lipinski definition) is 1. The Morgan fingerprint density at radius 2 is 1.75 bits per heavy atom. The number of allylic oxidation sites excluding steroid dienone is 4. The van der Waals surface area contributed by atoms with Crippen molar-refractivity contribution in [3.63, 3.8) is 0 Å². The average Bonchev–Trinajstić information content (AvgIpc) is 2.05. The van der Waals surface area contributed by atoms with Crippen LogP contribution in [0.3, 0.4) is 0 Å². The molecule has 0 unspecified atom stereocenters. The predicted molar refractivity (Wildman–Crippen MR) is 57.8 cm³/mol. The van der Waals surface area contributed by atoms with Crippen molar-refractivity contribution in [3.8, 4) is 0 Å². The Kier molecular flexibility index (Phi) is 10.9. The van der Waals surface area contributed by atoms with Gasteiger partial charge >= 0.3 is 0 Å². The van der Waals surface area contributed by atoms with Gasteiger partial charge in [0.1, 0.15) is 0 Å². The maximum absolute atomic E-state index is 5.36. The SMILES string of the molecule is C=C(N)/C(C)=C/CC.C=CC=C. The lowest BCUT2D eigenvalue weighted by molar-refractivity contribution is 1.17. The van der Waals surface area contributed by atoms with E-state index >= 15 is 0 Å². The van der Waals surface area contributed by atoms with Gasteiger partial charge in [-0.1, -0.05) is 44.9 Å². The Morgan fingerprint density at radius 3 is 1.83 bits per heavy atom. The standard InChI is InChI=1S/C7H13N.C4H6/c1-4-5-6(2)7(3)8;1-3-4-2/h5H,3-4,8H2,1-2H3;3-4H,1-2H2/b6-5+;. The summed E-state index contributed by atoms with van der Waals surface area (Å²) in [5.74, 6) is 0. The molecule has 0 aliphatic carbocycles. The summed E-state index contributed by atoms with van der Waals surface area (Å²) < 4.78 is 0. The van der Waals surface area contributed by atoms with Crippen LogP contribution in [0.4, 0.5) is 0 Å². The fourth-order valence-electron chi connectivity index (χ4n) is 0.437. The predicted octanol–water partition coefficient (Wildman–Crippen LogP) is 3.17. The molecule has 0 amide bonds. The minimum absolute atomic E-state index is 0.673. The Hall–Kier alpha value is -1.24. The molecule has 0 rings (SSSR count). The molecule has 0 aromatic heterocycles. The highest BCUT2D eigenvalue weighted by Crippen LogP contribution is 1.99. The van der Waals surface area contributed by atoms with Gasteiger partial charge in [0, 0.05) is 5.70 Å². The molecule has 0 aromatic carbocycles. The van der Waals surface area contributed by atoms with Gasteiger partial charge in [-0.2, -0.15) is 0 Å². The normalized spacial score (nSPS) is 9.33. The molecule has 12 heavy (non-hydrogen) atoms. The number of hydrogen-bond donors (Lipinski definition) is 1. The van der Waals surface area contributed by atoms with E-state index in [4.69, 9.17) is 5.73 Å². The van der Waals surface area contributed by atoms with Crippen molar-refractivity contribution < 1.29 is 0 Å². The fraction of sp³-hybridized carbons (Fsp3) is 0.273. The van der Waals surface area contributed by atoms with Gasteiger partial charge in [-0.05, 0) is 18.9 Å². The second-order valence-electron chi connectivity index (χ2n) is 2.29. The zero-order valence-electron chi connectivity index (χ0n) is 8.14. The molecule has 0 heterocycles. The molecule has 0 radical (unpaired) electrons. The van der Waals surface area contributed by atoms with E-state index in [1.807, 2.05) is 6.92 Å². The lowest BCUT2D eigenvalue weighted by Gasteiger charge is -1.94. The summed E-state index contributed by atoms with van der Waals surface area (Å²) >= 11 is 0. The molecule has 0 aromatic rings. The molecule has 0 saturated carbocycles. The van der Waals surface area contributed by atoms with Gasteiger partial charge in [0.2, 0.25) is 0 Å². The second-order valence-corrected chi connectivity index (χ2v) is 2.29. The molecule has 0 spiro atoms. The summed E-state index contributed by atoms with van der Waals surface area (Å²) in [6.07, 6.45) is 6.37. The van der Waals surface area contributed by atoms with Crippen LogP contribution in [0, 0.1) is 0 Å². The van der Waals surface area contributed by atoms with Crippen LogP contribution in [0.25, 0.3) is 0 Å². The highest BCUT2D eigenvalue weighted by Gasteiger charge is 1.84. The molecule has 0 aliphatic rings. The molecular formula is C11H19N. The lowest BCUT2D eigenvalue weighted by Crippen LogP contribution is -1.94. The largest absolute Gasteiger partial charge is 0.399 e. The van der Waals surface area contributed by atoms with Gasteiger partial charge in [-0.3, -0.25) is 0 Å². The third-order valence-electron chi connectivity index (χ3n) is 1.18. The van der Waals surface area contributed by atoms with Crippen molar-refractivity contribution in [1.82, 2.24) is 0 Å². The summed E-state index contributed by atoms with van der Waals surface area (Å²) in [6.45, 7) is 14.3. The molecular weight excluding hydrogens is 146 g/mol. The minimum Gasteiger partial charge on any atom is -0.399 e. The van der Waals surface area contributed by atoms with Crippen molar-refractivity contribution >= 4 is 0 Å². The first-order valence-electron chi connectivity index (χ1n) is 3.95. The molecule has 0 aliphatic heterocycles. The summed E-state index contributed by atoms with van der Waals surface area (Å²) in [5, 5.41) is 0. The maximum atomic E-state index is 5.36. The third-order valence-corrected chi connectivity index (χ3v) is 1.18. The van der Waals surface area contributed by atoms with Gasteiger partial charge in [0.25, 0.3) is 0 Å². The second kappa shape index (κ2) is 9.76. The fourth-order valence-corrected chi connectivity index (χ4v) is 0.437. The molecule has 0 saturated heterocycles. The Bertz CT molecular complexity index is 169. The van der Waals surface area contributed by atoms with Crippen LogP contribution in [-0.4, -0.2) is 0 Å². The molecule has 0 fully saturated rings. The van der Waals surface area contributed by atoms with E-state index in [2.05, 4.69) is 32.7 Å². The minimum atomic E-state index is 0.673. The summed E-state index contributed by atoms with van der Waals surface area (Å²) in [7, 11) is 0. The first-order valence-corrected chi connectivity index (χ1v) is 3.95. The smallest absolute Gasteiger partial charge is 0.0267 e. The van der Waals surface area contributed by atoms with Crippen LogP contribution < -0.4 is 5.73 Å². The first-order chi connectivity index (χ1) is 5.59. The molecule has 1 heteroatoms. The molecule has 68 valence electrons. The van der Waals surface area contributed by atoms with E-state index in [0.29, 0.717) is 5.70 Å². The van der Waals surface area contributed by atoms with Gasteiger partial charge < -0.3 is 5.73 Å². The molecule has 1 nitrogen and oxygen atoms in total. The summed E-state index contributed by atoms with van der Waals surface area (Å²) in [4.78, 5) is 0. The van der Waals surface area contributed by atoms with Crippen molar-refractivity contribution in [2.45, 2.75) is 20.3 Å². The maximum Gasteiger partial charge on any atom is 0.0267 e. The van der Waals surface area contributed by atoms with E-state index in [-0.39, 0.29) is 0 Å². The van der Waals surface area contributed by atoms with E-state index < -0.39 is 0 Å². The summed E-state index contributed by atoms with van der Waals surface area (Å²) in [5.41, 5.74) is 7.12. The van der Waals surface area contributed by atoms with Crippen LogP contribution in [-0.2, 0) is 0 Å². The van der Waals surface area contributed by atoms with Crippen LogP contribution in [0.5, 0.6) is 0 Å². The lowest BCUT2D eigenvalue weighted by atomic mass is 10.2. The van der Waals surface area contributed by atoms with Gasteiger partial charge in [-0.25, -0.2) is 0 Å². The third kappa shape index (κ3) is 11.5. The highest BCUT2D eigenvalue weighted by atomic mass is 14.6. The van der Waals surface area contributed by atoms with Crippen LogP contribution in [0.15, 0.2) is 49.2 Å². The highest BCUT2D eigenvalue weighted by molar-refractivity contribution is 5.22. The molecule has 0 atom stereocenters. The number of rotatable bonds is 3. The molecule has 0 bridgehead atoms. The summed E-state index contributed by atoms with van der Waals surface area (Å²) in [6, 6.07) is 0. The van der Waals surface area contributed by atoms with Crippen molar-refractivity contribution in [2.24, 2.45) is 5.73 Å². The average molecular weight is 165 g/mol. The zero-order chi connectivity index (χ0) is 9.98. The number of nitrogens with two attached hydrogens (primary N) is 1. The zero-order valence-corrected chi connectivity index (χ0v) is 8.14. The van der Waals surface area contributed by atoms with E-state index in [1.54, 1.807) is 12.2 Å². The van der Waals surface area contributed by atoms with Crippen molar-refractivity contribution in [3.05, 3.63) is 49.2 Å². The van der Waals surface area contributed by atoms with Crippen LogP contribution in [0.2, 0.25) is 0 Å². The molecule has 2 N–H and O–H groups in total. The van der Waals surface area contributed by atoms with Crippen LogP contribution in [0.1, 0.15) is 20.3 Å².